The maximum absolute atomic E-state index is 12.5. The highest BCUT2D eigenvalue weighted by Crippen LogP contribution is 2.22. The molecular weight excluding hydrogens is 388 g/mol. The summed E-state index contributed by atoms with van der Waals surface area (Å²) in [4.78, 5) is 26.6. The number of para-hydroxylation sites is 1. The fraction of sp³-hybridized carbons (Fsp3) is 0.231. The summed E-state index contributed by atoms with van der Waals surface area (Å²) >= 11 is 0. The normalized spacial score (nSPS) is 14.1. The zero-order valence-corrected chi connectivity index (χ0v) is 17.4. The number of carbonyl (C=O) groups is 2. The van der Waals surface area contributed by atoms with E-state index < -0.39 is 0 Å². The van der Waals surface area contributed by atoms with E-state index in [2.05, 4.69) is 17.4 Å². The van der Waals surface area contributed by atoms with Crippen LogP contribution in [-0.4, -0.2) is 30.0 Å². The molecule has 0 spiro atoms. The molecule has 0 saturated carbocycles. The molecule has 31 heavy (non-hydrogen) atoms. The number of urea groups is 1. The van der Waals surface area contributed by atoms with Crippen LogP contribution in [0.15, 0.2) is 84.9 Å². The van der Waals surface area contributed by atoms with E-state index in [1.807, 2.05) is 72.8 Å². The Kier molecular flexibility index (Phi) is 6.62. The fourth-order valence-corrected chi connectivity index (χ4v) is 3.74. The van der Waals surface area contributed by atoms with Crippen LogP contribution in [-0.2, 0) is 16.1 Å². The van der Waals surface area contributed by atoms with E-state index in [1.165, 1.54) is 0 Å². The van der Waals surface area contributed by atoms with Crippen LogP contribution < -0.4 is 5.32 Å². The zero-order valence-electron chi connectivity index (χ0n) is 17.4. The summed E-state index contributed by atoms with van der Waals surface area (Å²) in [6, 6.07) is 27.5. The van der Waals surface area contributed by atoms with Crippen LogP contribution in [0.4, 0.5) is 10.5 Å². The molecular formula is C26H26N2O3. The van der Waals surface area contributed by atoms with Crippen molar-refractivity contribution in [1.29, 1.82) is 0 Å². The van der Waals surface area contributed by atoms with Crippen LogP contribution in [0, 0.1) is 5.92 Å². The fourth-order valence-electron chi connectivity index (χ4n) is 3.74. The van der Waals surface area contributed by atoms with Crippen LogP contribution in [0.1, 0.15) is 18.4 Å². The minimum Gasteiger partial charge on any atom is -0.461 e. The van der Waals surface area contributed by atoms with Crippen molar-refractivity contribution in [3.05, 3.63) is 90.5 Å². The third kappa shape index (κ3) is 5.51. The van der Waals surface area contributed by atoms with Gasteiger partial charge in [-0.1, -0.05) is 72.8 Å². The van der Waals surface area contributed by atoms with Crippen molar-refractivity contribution in [1.82, 2.24) is 4.90 Å². The molecule has 0 aliphatic carbocycles. The van der Waals surface area contributed by atoms with Gasteiger partial charge in [0, 0.05) is 18.8 Å². The number of carbonyl (C=O) groups excluding carboxylic acids is 2. The molecule has 5 heteroatoms. The smallest absolute Gasteiger partial charge is 0.321 e. The summed E-state index contributed by atoms with van der Waals surface area (Å²) < 4.78 is 5.55. The molecule has 1 saturated heterocycles. The molecule has 3 aromatic rings. The first-order chi connectivity index (χ1) is 15.2. The second kappa shape index (κ2) is 9.94. The van der Waals surface area contributed by atoms with Crippen molar-refractivity contribution < 1.29 is 14.3 Å². The number of amides is 2. The van der Waals surface area contributed by atoms with E-state index >= 15 is 0 Å². The van der Waals surface area contributed by atoms with Gasteiger partial charge in [-0.15, -0.1) is 0 Å². The minimum atomic E-state index is -0.185. The lowest BCUT2D eigenvalue weighted by molar-refractivity contribution is -0.151. The maximum atomic E-state index is 12.5. The van der Waals surface area contributed by atoms with Crippen molar-refractivity contribution in [3.8, 4) is 11.1 Å². The van der Waals surface area contributed by atoms with E-state index in [4.69, 9.17) is 4.74 Å². The van der Waals surface area contributed by atoms with Gasteiger partial charge in [-0.3, -0.25) is 4.79 Å². The van der Waals surface area contributed by atoms with Crippen molar-refractivity contribution in [3.63, 3.8) is 0 Å². The number of nitrogens with zero attached hydrogens (tertiary/aromatic N) is 1. The van der Waals surface area contributed by atoms with Gasteiger partial charge in [0.05, 0.1) is 5.92 Å². The Morgan fingerprint density at radius 1 is 0.806 bits per heavy atom. The summed E-state index contributed by atoms with van der Waals surface area (Å²) in [6.07, 6.45) is 1.24. The van der Waals surface area contributed by atoms with Gasteiger partial charge < -0.3 is 15.0 Å². The van der Waals surface area contributed by atoms with Crippen LogP contribution in [0.5, 0.6) is 0 Å². The predicted molar refractivity (Wildman–Crippen MR) is 121 cm³/mol. The predicted octanol–water partition coefficient (Wildman–Crippen LogP) is 5.34. The molecule has 1 aliphatic rings. The minimum absolute atomic E-state index is 0.128. The van der Waals surface area contributed by atoms with Gasteiger partial charge in [0.2, 0.25) is 0 Å². The van der Waals surface area contributed by atoms with E-state index in [9.17, 15) is 9.59 Å². The molecule has 3 aromatic carbocycles. The number of hydrogen-bond acceptors (Lipinski definition) is 3. The number of ether oxygens (including phenoxy) is 1. The topological polar surface area (TPSA) is 58.6 Å². The van der Waals surface area contributed by atoms with Crippen LogP contribution >= 0.6 is 0 Å². The van der Waals surface area contributed by atoms with Crippen LogP contribution in [0.2, 0.25) is 0 Å². The van der Waals surface area contributed by atoms with Gasteiger partial charge in [-0.25, -0.2) is 4.79 Å². The lowest BCUT2D eigenvalue weighted by Crippen LogP contribution is -2.42. The van der Waals surface area contributed by atoms with Gasteiger partial charge in [-0.05, 0) is 41.7 Å². The molecule has 4 rings (SSSR count). The second-order valence-corrected chi connectivity index (χ2v) is 7.73. The average molecular weight is 415 g/mol. The lowest BCUT2D eigenvalue weighted by Gasteiger charge is -2.31. The quantitative estimate of drug-likeness (QED) is 0.573. The molecule has 5 nitrogen and oxygen atoms in total. The Bertz CT molecular complexity index is 996. The molecule has 1 aliphatic heterocycles. The highest BCUT2D eigenvalue weighted by molar-refractivity contribution is 5.89. The van der Waals surface area contributed by atoms with Crippen molar-refractivity contribution in [2.75, 3.05) is 18.4 Å². The Morgan fingerprint density at radius 3 is 2.03 bits per heavy atom. The number of likely N-dealkylation sites (tertiary alicyclic amines) is 1. The van der Waals surface area contributed by atoms with E-state index in [-0.39, 0.29) is 24.5 Å². The Labute approximate surface area is 182 Å². The standard InChI is InChI=1S/C26H26N2O3/c29-25(31-19-20-11-13-22(14-12-20)21-7-3-1-4-8-21)23-15-17-28(18-16-23)26(30)27-24-9-5-2-6-10-24/h1-14,23H,15-19H2,(H,27,30). The molecule has 0 atom stereocenters. The van der Waals surface area contributed by atoms with E-state index in [0.717, 1.165) is 22.4 Å². The summed E-state index contributed by atoms with van der Waals surface area (Å²) in [6.45, 7) is 1.36. The SMILES string of the molecule is O=C(OCc1ccc(-c2ccccc2)cc1)C1CCN(C(=O)Nc2ccccc2)CC1. The highest BCUT2D eigenvalue weighted by atomic mass is 16.5. The Morgan fingerprint density at radius 2 is 1.39 bits per heavy atom. The van der Waals surface area contributed by atoms with Crippen LogP contribution in [0.25, 0.3) is 11.1 Å². The lowest BCUT2D eigenvalue weighted by atomic mass is 9.97. The third-order valence-corrected chi connectivity index (χ3v) is 5.58. The maximum Gasteiger partial charge on any atom is 0.321 e. The molecule has 2 amide bonds. The van der Waals surface area contributed by atoms with Crippen molar-refractivity contribution in [2.45, 2.75) is 19.4 Å². The number of rotatable bonds is 5. The number of nitrogens with one attached hydrogen (secondary N) is 1. The average Bonchev–Trinajstić information content (AvgIpc) is 2.84. The number of esters is 1. The van der Waals surface area contributed by atoms with E-state index in [0.29, 0.717) is 25.9 Å². The molecule has 158 valence electrons. The second-order valence-electron chi connectivity index (χ2n) is 7.73. The molecule has 1 fully saturated rings. The number of hydrogen-bond donors (Lipinski definition) is 1. The first-order valence-corrected chi connectivity index (χ1v) is 10.6. The molecule has 0 radical (unpaired) electrons. The zero-order chi connectivity index (χ0) is 21.5. The Balaban J connectivity index is 1.22. The molecule has 0 unspecified atom stereocenters. The van der Waals surface area contributed by atoms with Gasteiger partial charge >= 0.3 is 12.0 Å². The van der Waals surface area contributed by atoms with Gasteiger partial charge in [0.25, 0.3) is 0 Å². The number of anilines is 1. The van der Waals surface area contributed by atoms with E-state index in [1.54, 1.807) is 4.90 Å². The first kappa shape index (κ1) is 20.7. The van der Waals surface area contributed by atoms with Gasteiger partial charge in [-0.2, -0.15) is 0 Å². The summed E-state index contributed by atoms with van der Waals surface area (Å²) in [5, 5.41) is 2.89. The van der Waals surface area contributed by atoms with Gasteiger partial charge in [0.15, 0.2) is 0 Å². The Hall–Kier alpha value is -3.60. The first-order valence-electron chi connectivity index (χ1n) is 10.6. The molecule has 1 heterocycles. The number of benzene rings is 3. The summed E-state index contributed by atoms with van der Waals surface area (Å²) in [5.41, 5.74) is 4.03. The monoisotopic (exact) mass is 414 g/mol. The number of piperidine rings is 1. The third-order valence-electron chi connectivity index (χ3n) is 5.58. The summed E-state index contributed by atoms with van der Waals surface area (Å²) in [5.74, 6) is -0.348. The molecule has 1 N–H and O–H groups in total. The van der Waals surface area contributed by atoms with Crippen molar-refractivity contribution >= 4 is 17.7 Å². The summed E-state index contributed by atoms with van der Waals surface area (Å²) in [7, 11) is 0. The van der Waals surface area contributed by atoms with Crippen LogP contribution in [0.3, 0.4) is 0 Å². The molecule has 0 aromatic heterocycles. The van der Waals surface area contributed by atoms with Crippen molar-refractivity contribution in [2.24, 2.45) is 5.92 Å². The molecule has 0 bridgehead atoms. The van der Waals surface area contributed by atoms with Gasteiger partial charge in [0.1, 0.15) is 6.61 Å². The largest absolute Gasteiger partial charge is 0.461 e. The highest BCUT2D eigenvalue weighted by Gasteiger charge is 2.28.